The van der Waals surface area contributed by atoms with Gasteiger partial charge in [0.15, 0.2) is 0 Å². The summed E-state index contributed by atoms with van der Waals surface area (Å²) in [5, 5.41) is 0. The lowest BCUT2D eigenvalue weighted by molar-refractivity contribution is -0.0336. The van der Waals surface area contributed by atoms with Crippen molar-refractivity contribution in [1.82, 2.24) is 0 Å². The summed E-state index contributed by atoms with van der Waals surface area (Å²) in [6, 6.07) is 0. The van der Waals surface area contributed by atoms with Gasteiger partial charge in [-0.15, -0.1) is 0 Å². The molecule has 2 heterocycles. The van der Waals surface area contributed by atoms with Gasteiger partial charge in [0.2, 0.25) is 0 Å². The standard InChI is InChI=1S/C10H19NO2/c11-8-10(4-2-6-13-10)7-9-3-1-5-12-9/h9H,1-8,11H2. The van der Waals surface area contributed by atoms with Crippen LogP contribution in [-0.2, 0) is 9.47 Å². The highest BCUT2D eigenvalue weighted by molar-refractivity contribution is 4.89. The summed E-state index contributed by atoms with van der Waals surface area (Å²) in [5.74, 6) is 0. The summed E-state index contributed by atoms with van der Waals surface area (Å²) in [4.78, 5) is 0. The molecule has 0 aliphatic carbocycles. The van der Waals surface area contributed by atoms with Gasteiger partial charge in [-0.05, 0) is 25.7 Å². The average Bonchev–Trinajstić information content (AvgIpc) is 2.77. The van der Waals surface area contributed by atoms with Crippen LogP contribution in [0.3, 0.4) is 0 Å². The first-order valence-electron chi connectivity index (χ1n) is 5.30. The summed E-state index contributed by atoms with van der Waals surface area (Å²) < 4.78 is 11.4. The van der Waals surface area contributed by atoms with Crippen LogP contribution in [0, 0.1) is 0 Å². The fraction of sp³-hybridized carbons (Fsp3) is 1.00. The largest absolute Gasteiger partial charge is 0.378 e. The zero-order valence-electron chi connectivity index (χ0n) is 8.13. The molecular formula is C10H19NO2. The predicted molar refractivity (Wildman–Crippen MR) is 50.6 cm³/mol. The van der Waals surface area contributed by atoms with Crippen LogP contribution in [0.4, 0.5) is 0 Å². The van der Waals surface area contributed by atoms with Crippen molar-refractivity contribution < 1.29 is 9.47 Å². The lowest BCUT2D eigenvalue weighted by Gasteiger charge is -2.29. The van der Waals surface area contributed by atoms with E-state index in [4.69, 9.17) is 15.2 Å². The molecule has 2 fully saturated rings. The van der Waals surface area contributed by atoms with Crippen LogP contribution in [0.15, 0.2) is 0 Å². The maximum atomic E-state index is 5.77. The zero-order valence-corrected chi connectivity index (χ0v) is 8.13. The summed E-state index contributed by atoms with van der Waals surface area (Å²) in [6.07, 6.45) is 6.06. The van der Waals surface area contributed by atoms with E-state index in [1.807, 2.05) is 0 Å². The molecule has 2 aliphatic rings. The van der Waals surface area contributed by atoms with Gasteiger partial charge in [-0.25, -0.2) is 0 Å². The van der Waals surface area contributed by atoms with Crippen molar-refractivity contribution >= 4 is 0 Å². The topological polar surface area (TPSA) is 44.5 Å². The number of rotatable bonds is 3. The molecule has 0 aromatic rings. The van der Waals surface area contributed by atoms with E-state index >= 15 is 0 Å². The third kappa shape index (κ3) is 2.03. The Morgan fingerprint density at radius 2 is 2.23 bits per heavy atom. The fourth-order valence-electron chi connectivity index (χ4n) is 2.38. The zero-order chi connectivity index (χ0) is 9.15. The van der Waals surface area contributed by atoms with Gasteiger partial charge in [0, 0.05) is 26.2 Å². The van der Waals surface area contributed by atoms with Crippen LogP contribution < -0.4 is 5.73 Å². The molecular weight excluding hydrogens is 166 g/mol. The smallest absolute Gasteiger partial charge is 0.0829 e. The van der Waals surface area contributed by atoms with Crippen molar-refractivity contribution in [3.63, 3.8) is 0 Å². The highest BCUT2D eigenvalue weighted by Gasteiger charge is 2.37. The van der Waals surface area contributed by atoms with Crippen molar-refractivity contribution in [2.75, 3.05) is 19.8 Å². The average molecular weight is 185 g/mol. The van der Waals surface area contributed by atoms with E-state index in [0.29, 0.717) is 12.6 Å². The molecule has 2 N–H and O–H groups in total. The van der Waals surface area contributed by atoms with E-state index in [0.717, 1.165) is 32.5 Å². The van der Waals surface area contributed by atoms with Crippen LogP contribution in [-0.4, -0.2) is 31.5 Å². The molecule has 0 spiro atoms. The molecule has 2 atom stereocenters. The molecule has 13 heavy (non-hydrogen) atoms. The molecule has 0 bridgehead atoms. The summed E-state index contributed by atoms with van der Waals surface area (Å²) in [6.45, 7) is 2.45. The van der Waals surface area contributed by atoms with E-state index < -0.39 is 0 Å². The maximum absolute atomic E-state index is 5.77. The quantitative estimate of drug-likeness (QED) is 0.715. The Morgan fingerprint density at radius 3 is 2.77 bits per heavy atom. The van der Waals surface area contributed by atoms with Crippen LogP contribution in [0.1, 0.15) is 32.1 Å². The van der Waals surface area contributed by atoms with E-state index in [1.165, 1.54) is 12.8 Å². The minimum atomic E-state index is -0.0466. The third-order valence-electron chi connectivity index (χ3n) is 3.18. The highest BCUT2D eigenvalue weighted by Crippen LogP contribution is 2.32. The Hall–Kier alpha value is -0.120. The Morgan fingerprint density at radius 1 is 1.31 bits per heavy atom. The predicted octanol–water partition coefficient (Wildman–Crippen LogP) is 1.06. The van der Waals surface area contributed by atoms with E-state index in [9.17, 15) is 0 Å². The molecule has 0 amide bonds. The van der Waals surface area contributed by atoms with E-state index in [-0.39, 0.29) is 5.60 Å². The summed E-state index contributed by atoms with van der Waals surface area (Å²) >= 11 is 0. The molecule has 2 rings (SSSR count). The first-order chi connectivity index (χ1) is 6.35. The first kappa shape index (κ1) is 9.44. The van der Waals surface area contributed by atoms with Gasteiger partial charge in [-0.1, -0.05) is 0 Å². The lowest BCUT2D eigenvalue weighted by Crippen LogP contribution is -2.40. The number of ether oxygens (including phenoxy) is 2. The molecule has 2 unspecified atom stereocenters. The lowest BCUT2D eigenvalue weighted by atomic mass is 9.92. The molecule has 0 aromatic heterocycles. The van der Waals surface area contributed by atoms with Crippen molar-refractivity contribution in [2.45, 2.75) is 43.8 Å². The van der Waals surface area contributed by atoms with Crippen molar-refractivity contribution in [2.24, 2.45) is 5.73 Å². The van der Waals surface area contributed by atoms with Crippen LogP contribution in [0.5, 0.6) is 0 Å². The molecule has 76 valence electrons. The van der Waals surface area contributed by atoms with Gasteiger partial charge in [0.1, 0.15) is 0 Å². The van der Waals surface area contributed by atoms with Crippen molar-refractivity contribution in [3.8, 4) is 0 Å². The van der Waals surface area contributed by atoms with E-state index in [1.54, 1.807) is 0 Å². The van der Waals surface area contributed by atoms with Gasteiger partial charge >= 0.3 is 0 Å². The minimum Gasteiger partial charge on any atom is -0.378 e. The summed E-state index contributed by atoms with van der Waals surface area (Å²) in [7, 11) is 0. The third-order valence-corrected chi connectivity index (χ3v) is 3.18. The van der Waals surface area contributed by atoms with Gasteiger partial charge in [-0.2, -0.15) is 0 Å². The normalized spacial score (nSPS) is 39.9. The molecule has 3 heteroatoms. The molecule has 2 aliphatic heterocycles. The minimum absolute atomic E-state index is 0.0466. The summed E-state index contributed by atoms with van der Waals surface area (Å²) in [5.41, 5.74) is 5.72. The molecule has 0 aromatic carbocycles. The van der Waals surface area contributed by atoms with Crippen molar-refractivity contribution in [3.05, 3.63) is 0 Å². The fourth-order valence-corrected chi connectivity index (χ4v) is 2.38. The van der Waals surface area contributed by atoms with Gasteiger partial charge in [0.25, 0.3) is 0 Å². The Labute approximate surface area is 79.6 Å². The Kier molecular flexibility index (Phi) is 2.86. The van der Waals surface area contributed by atoms with Crippen molar-refractivity contribution in [1.29, 1.82) is 0 Å². The number of hydrogen-bond donors (Lipinski definition) is 1. The van der Waals surface area contributed by atoms with Crippen LogP contribution in [0.25, 0.3) is 0 Å². The highest BCUT2D eigenvalue weighted by atomic mass is 16.5. The second-order valence-electron chi connectivity index (χ2n) is 4.18. The molecule has 2 saturated heterocycles. The number of hydrogen-bond acceptors (Lipinski definition) is 3. The monoisotopic (exact) mass is 185 g/mol. The molecule has 0 saturated carbocycles. The molecule has 3 nitrogen and oxygen atoms in total. The van der Waals surface area contributed by atoms with Crippen LogP contribution >= 0.6 is 0 Å². The molecule has 0 radical (unpaired) electrons. The second kappa shape index (κ2) is 3.95. The Bertz CT molecular complexity index is 160. The first-order valence-corrected chi connectivity index (χ1v) is 5.30. The number of nitrogens with two attached hydrogens (primary N) is 1. The SMILES string of the molecule is NCC1(CC2CCCO2)CCCO1. The van der Waals surface area contributed by atoms with Gasteiger partial charge < -0.3 is 15.2 Å². The van der Waals surface area contributed by atoms with Gasteiger partial charge in [-0.3, -0.25) is 0 Å². The second-order valence-corrected chi connectivity index (χ2v) is 4.18. The maximum Gasteiger partial charge on any atom is 0.0829 e. The van der Waals surface area contributed by atoms with Gasteiger partial charge in [0.05, 0.1) is 11.7 Å². The van der Waals surface area contributed by atoms with Crippen LogP contribution in [0.2, 0.25) is 0 Å². The Balaban J connectivity index is 1.88. The van der Waals surface area contributed by atoms with E-state index in [2.05, 4.69) is 0 Å².